The Kier molecular flexibility index (Phi) is 6.98. The predicted octanol–water partition coefficient (Wildman–Crippen LogP) is 1.26. The second-order valence-electron chi connectivity index (χ2n) is 6.98. The summed E-state index contributed by atoms with van der Waals surface area (Å²) in [5.74, 6) is 1.60. The minimum absolute atomic E-state index is 0.0651. The first kappa shape index (κ1) is 19.5. The van der Waals surface area contributed by atoms with Crippen LogP contribution in [0.3, 0.4) is 0 Å². The van der Waals surface area contributed by atoms with Gasteiger partial charge in [-0.15, -0.1) is 0 Å². The minimum atomic E-state index is 0.0651. The van der Waals surface area contributed by atoms with Crippen LogP contribution < -0.4 is 10.2 Å². The molecule has 1 fully saturated rings. The van der Waals surface area contributed by atoms with E-state index in [1.165, 1.54) is 11.1 Å². The van der Waals surface area contributed by atoms with Gasteiger partial charge in [0.2, 0.25) is 0 Å². The molecule has 0 saturated carbocycles. The van der Waals surface area contributed by atoms with Gasteiger partial charge in [0.25, 0.3) is 0 Å². The molecule has 2 aromatic rings. The molecule has 0 amide bonds. The third-order valence-electron chi connectivity index (χ3n) is 4.97. The van der Waals surface area contributed by atoms with Crippen molar-refractivity contribution in [2.24, 2.45) is 0 Å². The van der Waals surface area contributed by atoms with Crippen LogP contribution in [0.5, 0.6) is 0 Å². The first-order valence-electron chi connectivity index (χ1n) is 9.52. The number of nitrogens with one attached hydrogen (secondary N) is 1. The van der Waals surface area contributed by atoms with Crippen LogP contribution in [0.2, 0.25) is 0 Å². The number of piperazine rings is 1. The van der Waals surface area contributed by atoms with Crippen LogP contribution in [0.1, 0.15) is 17.5 Å². The fourth-order valence-electron chi connectivity index (χ4n) is 3.46. The zero-order valence-corrected chi connectivity index (χ0v) is 15.9. The average molecular weight is 371 g/mol. The molecule has 3 rings (SSSR count). The molecule has 146 valence electrons. The molecule has 7 nitrogen and oxygen atoms in total. The normalized spacial score (nSPS) is 17.9. The van der Waals surface area contributed by atoms with Crippen molar-refractivity contribution >= 4 is 11.6 Å². The Morgan fingerprint density at radius 3 is 2.67 bits per heavy atom. The Hall–Kier alpha value is -2.22. The maximum absolute atomic E-state index is 9.53. The van der Waals surface area contributed by atoms with Crippen LogP contribution >= 0.6 is 0 Å². The number of hydrogen-bond acceptors (Lipinski definition) is 7. The first-order valence-corrected chi connectivity index (χ1v) is 9.52. The molecule has 7 heteroatoms. The maximum atomic E-state index is 9.53. The van der Waals surface area contributed by atoms with Crippen molar-refractivity contribution in [3.63, 3.8) is 0 Å². The van der Waals surface area contributed by atoms with Crippen LogP contribution in [0, 0.1) is 6.92 Å². The van der Waals surface area contributed by atoms with Gasteiger partial charge in [0.1, 0.15) is 18.0 Å². The Labute approximate surface area is 160 Å². The molecule has 1 aromatic heterocycles. The van der Waals surface area contributed by atoms with Crippen molar-refractivity contribution < 1.29 is 10.2 Å². The Balaban J connectivity index is 1.67. The van der Waals surface area contributed by atoms with E-state index in [1.54, 1.807) is 6.33 Å². The van der Waals surface area contributed by atoms with Gasteiger partial charge in [-0.05, 0) is 18.9 Å². The van der Waals surface area contributed by atoms with Gasteiger partial charge in [0.05, 0.1) is 6.61 Å². The number of aliphatic hydroxyl groups is 2. The van der Waals surface area contributed by atoms with Crippen LogP contribution in [0.4, 0.5) is 11.6 Å². The zero-order chi connectivity index (χ0) is 19.1. The second-order valence-corrected chi connectivity index (χ2v) is 6.98. The molecular weight excluding hydrogens is 342 g/mol. The first-order chi connectivity index (χ1) is 13.2. The van der Waals surface area contributed by atoms with E-state index in [0.717, 1.165) is 44.2 Å². The summed E-state index contributed by atoms with van der Waals surface area (Å²) in [7, 11) is 0. The number of hydrogen-bond donors (Lipinski definition) is 3. The van der Waals surface area contributed by atoms with Crippen molar-refractivity contribution in [2.45, 2.75) is 25.9 Å². The lowest BCUT2D eigenvalue weighted by Crippen LogP contribution is -2.53. The number of benzene rings is 1. The van der Waals surface area contributed by atoms with Gasteiger partial charge < -0.3 is 20.4 Å². The van der Waals surface area contributed by atoms with Crippen molar-refractivity contribution in [2.75, 3.05) is 49.6 Å². The van der Waals surface area contributed by atoms with Gasteiger partial charge in [-0.3, -0.25) is 4.90 Å². The van der Waals surface area contributed by atoms with Crippen molar-refractivity contribution in [3.05, 3.63) is 47.8 Å². The van der Waals surface area contributed by atoms with E-state index in [9.17, 15) is 5.11 Å². The highest BCUT2D eigenvalue weighted by atomic mass is 16.3. The lowest BCUT2D eigenvalue weighted by Gasteiger charge is -2.42. The van der Waals surface area contributed by atoms with Gasteiger partial charge in [0, 0.05) is 51.4 Å². The van der Waals surface area contributed by atoms with Crippen LogP contribution in [0.15, 0.2) is 36.7 Å². The summed E-state index contributed by atoms with van der Waals surface area (Å²) in [5.41, 5.74) is 2.57. The lowest BCUT2D eigenvalue weighted by molar-refractivity contribution is 0.135. The molecular formula is C20H29N5O2. The molecule has 1 aromatic carbocycles. The van der Waals surface area contributed by atoms with E-state index in [2.05, 4.69) is 56.3 Å². The fraction of sp³-hybridized carbons (Fsp3) is 0.500. The van der Waals surface area contributed by atoms with Gasteiger partial charge in [0.15, 0.2) is 0 Å². The maximum Gasteiger partial charge on any atom is 0.134 e. The summed E-state index contributed by atoms with van der Waals surface area (Å²) >= 11 is 0. The summed E-state index contributed by atoms with van der Waals surface area (Å²) < 4.78 is 0. The van der Waals surface area contributed by atoms with Crippen LogP contribution in [-0.4, -0.2) is 70.5 Å². The third kappa shape index (κ3) is 5.38. The average Bonchev–Trinajstić information content (AvgIpc) is 2.70. The topological polar surface area (TPSA) is 84.8 Å². The Morgan fingerprint density at radius 2 is 1.93 bits per heavy atom. The molecule has 1 aliphatic heterocycles. The highest BCUT2D eigenvalue weighted by Crippen LogP contribution is 2.22. The highest BCUT2D eigenvalue weighted by molar-refractivity contribution is 5.49. The standard InChI is InChI=1S/C20H29N5O2/c1-16-2-4-17(5-3-16)13-24-8-9-25(14-18(24)6-10-26)20-12-19(21-7-11-27)22-15-23-20/h2-5,12,15,18,26-27H,6-11,13-14H2,1H3,(H,21,22,23). The summed E-state index contributed by atoms with van der Waals surface area (Å²) in [6.45, 7) is 6.32. The fourth-order valence-corrected chi connectivity index (χ4v) is 3.46. The highest BCUT2D eigenvalue weighted by Gasteiger charge is 2.27. The lowest BCUT2D eigenvalue weighted by atomic mass is 10.1. The smallest absolute Gasteiger partial charge is 0.134 e. The SMILES string of the molecule is Cc1ccc(CN2CCN(c3cc(NCCO)ncn3)CC2CCO)cc1. The second kappa shape index (κ2) is 9.64. The molecule has 27 heavy (non-hydrogen) atoms. The van der Waals surface area contributed by atoms with E-state index in [4.69, 9.17) is 5.11 Å². The zero-order valence-electron chi connectivity index (χ0n) is 15.9. The minimum Gasteiger partial charge on any atom is -0.396 e. The molecule has 2 heterocycles. The number of rotatable bonds is 8. The number of nitrogens with zero attached hydrogens (tertiary/aromatic N) is 4. The molecule has 1 unspecified atom stereocenters. The van der Waals surface area contributed by atoms with Crippen LogP contribution in [-0.2, 0) is 6.54 Å². The van der Waals surface area contributed by atoms with E-state index in [-0.39, 0.29) is 19.3 Å². The van der Waals surface area contributed by atoms with Crippen molar-refractivity contribution in [1.82, 2.24) is 14.9 Å². The van der Waals surface area contributed by atoms with Crippen LogP contribution in [0.25, 0.3) is 0 Å². The number of aryl methyl sites for hydroxylation is 1. The third-order valence-corrected chi connectivity index (χ3v) is 4.97. The number of anilines is 2. The summed E-state index contributed by atoms with van der Waals surface area (Å²) in [4.78, 5) is 13.3. The molecule has 0 bridgehead atoms. The van der Waals surface area contributed by atoms with Gasteiger partial charge in [-0.2, -0.15) is 0 Å². The number of aromatic nitrogens is 2. The molecule has 1 saturated heterocycles. The molecule has 0 spiro atoms. The van der Waals surface area contributed by atoms with Gasteiger partial charge in [-0.1, -0.05) is 29.8 Å². The number of aliphatic hydroxyl groups excluding tert-OH is 2. The summed E-state index contributed by atoms with van der Waals surface area (Å²) in [6.07, 6.45) is 2.29. The quantitative estimate of drug-likeness (QED) is 0.644. The van der Waals surface area contributed by atoms with Crippen molar-refractivity contribution in [3.8, 4) is 0 Å². The monoisotopic (exact) mass is 371 g/mol. The van der Waals surface area contributed by atoms with Gasteiger partial charge >= 0.3 is 0 Å². The van der Waals surface area contributed by atoms with E-state index in [1.807, 2.05) is 6.07 Å². The summed E-state index contributed by atoms with van der Waals surface area (Å²) in [6, 6.07) is 10.8. The Morgan fingerprint density at radius 1 is 1.11 bits per heavy atom. The largest absolute Gasteiger partial charge is 0.396 e. The Bertz CT molecular complexity index is 710. The molecule has 1 atom stereocenters. The molecule has 1 aliphatic rings. The molecule has 0 aliphatic carbocycles. The predicted molar refractivity (Wildman–Crippen MR) is 107 cm³/mol. The van der Waals surface area contributed by atoms with E-state index >= 15 is 0 Å². The van der Waals surface area contributed by atoms with E-state index in [0.29, 0.717) is 6.54 Å². The summed E-state index contributed by atoms with van der Waals surface area (Å²) in [5, 5.41) is 21.6. The van der Waals surface area contributed by atoms with E-state index < -0.39 is 0 Å². The molecule has 0 radical (unpaired) electrons. The van der Waals surface area contributed by atoms with Gasteiger partial charge in [-0.25, -0.2) is 9.97 Å². The van der Waals surface area contributed by atoms with Crippen molar-refractivity contribution in [1.29, 1.82) is 0 Å². The molecule has 3 N–H and O–H groups in total.